The van der Waals surface area contributed by atoms with Crippen molar-refractivity contribution in [1.29, 1.82) is 0 Å². The first kappa shape index (κ1) is 19.6. The lowest BCUT2D eigenvalue weighted by Crippen LogP contribution is -2.29. The molecule has 0 unspecified atom stereocenters. The van der Waals surface area contributed by atoms with Crippen molar-refractivity contribution in [1.82, 2.24) is 15.0 Å². The molecule has 2 aromatic heterocycles. The molecule has 8 nitrogen and oxygen atoms in total. The van der Waals surface area contributed by atoms with E-state index in [1.54, 1.807) is 37.6 Å². The highest BCUT2D eigenvalue weighted by Crippen LogP contribution is 2.25. The average molecular weight is 401 g/mol. The minimum atomic E-state index is -3.78. The summed E-state index contributed by atoms with van der Waals surface area (Å²) in [5.74, 6) is 0.137. The molecule has 0 fully saturated rings. The minimum absolute atomic E-state index is 0.0812. The van der Waals surface area contributed by atoms with E-state index in [9.17, 15) is 13.2 Å². The Hall–Kier alpha value is -3.17. The van der Waals surface area contributed by atoms with Gasteiger partial charge in [-0.05, 0) is 36.9 Å². The number of benzene rings is 1. The molecule has 0 aliphatic rings. The van der Waals surface area contributed by atoms with Crippen LogP contribution in [0, 0.1) is 0 Å². The van der Waals surface area contributed by atoms with Gasteiger partial charge in [-0.25, -0.2) is 13.1 Å². The van der Waals surface area contributed by atoms with Gasteiger partial charge in [-0.3, -0.25) is 9.78 Å². The van der Waals surface area contributed by atoms with Crippen molar-refractivity contribution in [2.24, 2.45) is 0 Å². The van der Waals surface area contributed by atoms with Crippen LogP contribution < -0.4 is 14.8 Å². The first-order valence-electron chi connectivity index (χ1n) is 8.32. The van der Waals surface area contributed by atoms with Crippen molar-refractivity contribution in [3.8, 4) is 5.75 Å². The maximum absolute atomic E-state index is 12.7. The number of sulfonamides is 1. The number of carbonyl (C=O) groups is 1. The fraction of sp³-hybridized carbons (Fsp3) is 0.158. The lowest BCUT2D eigenvalue weighted by Gasteiger charge is -2.19. The molecular weight excluding hydrogens is 382 g/mol. The number of methoxy groups -OCH3 is 1. The highest BCUT2D eigenvalue weighted by Gasteiger charge is 2.23. The van der Waals surface area contributed by atoms with Crippen molar-refractivity contribution in [2.75, 3.05) is 14.2 Å². The predicted octanol–water partition coefficient (Wildman–Crippen LogP) is 2.11. The zero-order valence-corrected chi connectivity index (χ0v) is 16.1. The third-order valence-corrected chi connectivity index (χ3v) is 5.34. The summed E-state index contributed by atoms with van der Waals surface area (Å²) in [4.78, 5) is 17.1. The molecule has 1 aromatic carbocycles. The van der Waals surface area contributed by atoms with Crippen molar-refractivity contribution in [3.05, 3.63) is 77.8 Å². The summed E-state index contributed by atoms with van der Waals surface area (Å²) in [5.41, 5.74) is 1.46. The molecule has 28 heavy (non-hydrogen) atoms. The lowest BCUT2D eigenvalue weighted by atomic mass is 10.0. The van der Waals surface area contributed by atoms with Crippen LogP contribution in [0.2, 0.25) is 0 Å². The molecule has 9 heteroatoms. The molecule has 0 saturated heterocycles. The van der Waals surface area contributed by atoms with Crippen molar-refractivity contribution >= 4 is 15.9 Å². The molecule has 2 heterocycles. The largest absolute Gasteiger partial charge is 0.497 e. The molecular formula is C19H19N3O5S. The maximum atomic E-state index is 12.7. The second-order valence-corrected chi connectivity index (χ2v) is 7.62. The summed E-state index contributed by atoms with van der Waals surface area (Å²) in [6.07, 6.45) is 2.73. The zero-order chi connectivity index (χ0) is 20.1. The first-order valence-corrected chi connectivity index (χ1v) is 9.80. The van der Waals surface area contributed by atoms with Crippen LogP contribution in [0.3, 0.4) is 0 Å². The van der Waals surface area contributed by atoms with Gasteiger partial charge in [0.25, 0.3) is 15.9 Å². The topological polar surface area (TPSA) is 111 Å². The average Bonchev–Trinajstić information content (AvgIpc) is 3.24. The normalized spacial score (nSPS) is 12.4. The highest BCUT2D eigenvalue weighted by molar-refractivity contribution is 7.89. The number of carbonyl (C=O) groups excluding carboxylic acids is 1. The molecule has 0 bridgehead atoms. The molecule has 3 aromatic rings. The van der Waals surface area contributed by atoms with Crippen LogP contribution in [0.25, 0.3) is 0 Å². The van der Waals surface area contributed by atoms with Gasteiger partial charge in [0, 0.05) is 12.3 Å². The zero-order valence-electron chi connectivity index (χ0n) is 15.2. The maximum Gasteiger partial charge on any atom is 0.273 e. The van der Waals surface area contributed by atoms with Crippen LogP contribution in [0.4, 0.5) is 0 Å². The van der Waals surface area contributed by atoms with Crippen molar-refractivity contribution < 1.29 is 22.4 Å². The molecule has 3 rings (SSSR count). The molecule has 146 valence electrons. The van der Waals surface area contributed by atoms with Gasteiger partial charge in [0.1, 0.15) is 12.0 Å². The van der Waals surface area contributed by atoms with Crippen LogP contribution in [-0.2, 0) is 10.0 Å². The summed E-state index contributed by atoms with van der Waals surface area (Å²) in [6.45, 7) is 0. The molecule has 0 radical (unpaired) electrons. The number of hydrogen-bond donors (Lipinski definition) is 2. The molecule has 0 aliphatic heterocycles. The Kier molecular flexibility index (Phi) is 5.76. The smallest absolute Gasteiger partial charge is 0.273 e. The van der Waals surface area contributed by atoms with E-state index >= 15 is 0 Å². The Bertz CT molecular complexity index is 1060. The Balaban J connectivity index is 1.93. The van der Waals surface area contributed by atoms with Crippen LogP contribution in [0.5, 0.6) is 5.75 Å². The summed E-state index contributed by atoms with van der Waals surface area (Å²) in [5, 5.41) is 2.53. The summed E-state index contributed by atoms with van der Waals surface area (Å²) in [6, 6.07) is 13.2. The molecule has 1 amide bonds. The van der Waals surface area contributed by atoms with Crippen molar-refractivity contribution in [3.63, 3.8) is 0 Å². The first-order chi connectivity index (χ1) is 13.4. The van der Waals surface area contributed by atoms with Gasteiger partial charge in [0.15, 0.2) is 0 Å². The summed E-state index contributed by atoms with van der Waals surface area (Å²) >= 11 is 0. The van der Waals surface area contributed by atoms with E-state index in [0.29, 0.717) is 11.4 Å². The van der Waals surface area contributed by atoms with Crippen LogP contribution in [0.15, 0.2) is 70.5 Å². The number of ether oxygens (including phenoxy) is 1. The van der Waals surface area contributed by atoms with E-state index in [0.717, 1.165) is 11.8 Å². The number of rotatable bonds is 7. The van der Waals surface area contributed by atoms with E-state index in [1.165, 1.54) is 13.1 Å². The minimum Gasteiger partial charge on any atom is -0.497 e. The number of nitrogens with zero attached hydrogens (tertiary/aromatic N) is 1. The summed E-state index contributed by atoms with van der Waals surface area (Å²) < 4.78 is 36.0. The van der Waals surface area contributed by atoms with Gasteiger partial charge in [0.2, 0.25) is 5.09 Å². The Labute approximate surface area is 162 Å². The Morgan fingerprint density at radius 3 is 2.68 bits per heavy atom. The van der Waals surface area contributed by atoms with E-state index in [2.05, 4.69) is 15.0 Å². The molecule has 2 N–H and O–H groups in total. The van der Waals surface area contributed by atoms with Crippen LogP contribution in [-0.4, -0.2) is 33.5 Å². The van der Waals surface area contributed by atoms with Crippen molar-refractivity contribution in [2.45, 2.75) is 11.1 Å². The van der Waals surface area contributed by atoms with E-state index in [4.69, 9.17) is 9.15 Å². The third kappa shape index (κ3) is 4.21. The Morgan fingerprint density at radius 2 is 2.00 bits per heavy atom. The number of amides is 1. The standard InChI is InChI=1S/C19H19N3O5S/c1-20-28(24,25)17-11-14(12-27-17)19(23)22-18(16-8-3-4-9-21-16)13-6-5-7-15(10-13)26-2/h3-12,18,20H,1-2H3,(H,22,23)/t18-/m1/s1. The van der Waals surface area contributed by atoms with Gasteiger partial charge in [-0.1, -0.05) is 18.2 Å². The van der Waals surface area contributed by atoms with Gasteiger partial charge in [-0.2, -0.15) is 0 Å². The van der Waals surface area contributed by atoms with Crippen LogP contribution >= 0.6 is 0 Å². The molecule has 1 atom stereocenters. The molecule has 0 spiro atoms. The fourth-order valence-electron chi connectivity index (χ4n) is 2.59. The Morgan fingerprint density at radius 1 is 1.18 bits per heavy atom. The number of hydrogen-bond acceptors (Lipinski definition) is 6. The van der Waals surface area contributed by atoms with E-state index in [1.807, 2.05) is 18.2 Å². The molecule has 0 saturated carbocycles. The van der Waals surface area contributed by atoms with Crippen LogP contribution in [0.1, 0.15) is 27.7 Å². The van der Waals surface area contributed by atoms with E-state index < -0.39 is 22.0 Å². The van der Waals surface area contributed by atoms with Gasteiger partial charge >= 0.3 is 0 Å². The SMILES string of the molecule is CNS(=O)(=O)c1cc(C(=O)N[C@H](c2cccc(OC)c2)c2ccccn2)co1. The van der Waals surface area contributed by atoms with Gasteiger partial charge < -0.3 is 14.5 Å². The third-order valence-electron chi connectivity index (χ3n) is 4.06. The van der Waals surface area contributed by atoms with Gasteiger partial charge in [0.05, 0.1) is 24.4 Å². The van der Waals surface area contributed by atoms with E-state index in [-0.39, 0.29) is 10.7 Å². The second kappa shape index (κ2) is 8.24. The lowest BCUT2D eigenvalue weighted by molar-refractivity contribution is 0.0941. The molecule has 0 aliphatic carbocycles. The predicted molar refractivity (Wildman–Crippen MR) is 101 cm³/mol. The number of nitrogens with one attached hydrogen (secondary N) is 2. The highest BCUT2D eigenvalue weighted by atomic mass is 32.2. The number of pyridine rings is 1. The quantitative estimate of drug-likeness (QED) is 0.627. The summed E-state index contributed by atoms with van der Waals surface area (Å²) in [7, 11) is -0.959. The number of furan rings is 1. The monoisotopic (exact) mass is 401 g/mol. The number of aromatic nitrogens is 1. The van der Waals surface area contributed by atoms with Gasteiger partial charge in [-0.15, -0.1) is 0 Å². The fourth-order valence-corrected chi connectivity index (χ4v) is 3.25. The second-order valence-electron chi connectivity index (χ2n) is 5.80.